The molecule has 0 saturated heterocycles. The molecule has 0 saturated carbocycles. The number of sulfone groups is 2. The second kappa shape index (κ2) is 7.50. The molecule has 0 aliphatic rings. The fourth-order valence-corrected chi connectivity index (χ4v) is 5.85. The highest BCUT2D eigenvalue weighted by atomic mass is 32.2. The minimum Gasteiger partial charge on any atom is -0.420 e. The minimum atomic E-state index is -4.14. The van der Waals surface area contributed by atoms with E-state index < -0.39 is 35.3 Å². The van der Waals surface area contributed by atoms with Crippen LogP contribution in [0.5, 0.6) is 0 Å². The van der Waals surface area contributed by atoms with E-state index >= 15 is 0 Å². The van der Waals surface area contributed by atoms with Crippen LogP contribution in [-0.4, -0.2) is 37.2 Å². The van der Waals surface area contributed by atoms with Gasteiger partial charge in [-0.1, -0.05) is 35.9 Å². The quantitative estimate of drug-likeness (QED) is 0.479. The Morgan fingerprint density at radius 2 is 1.63 bits per heavy atom. The number of H-pyrrole nitrogens is 1. The van der Waals surface area contributed by atoms with Crippen molar-refractivity contribution in [1.82, 2.24) is 20.4 Å². The molecule has 0 fully saturated rings. The van der Waals surface area contributed by atoms with Gasteiger partial charge in [-0.3, -0.25) is 5.10 Å². The summed E-state index contributed by atoms with van der Waals surface area (Å²) in [5.74, 6) is -0.651. The highest BCUT2D eigenvalue weighted by Gasteiger charge is 2.31. The Balaban J connectivity index is 1.65. The SMILES string of the molecule is Cc1ccc(-c2nnc(CS(=O)(=O)c3cn[nH]c3S(=O)(=O)c3ccccc3)o2)cc1. The number of aromatic amines is 1. The maximum absolute atomic E-state index is 12.9. The number of aromatic nitrogens is 4. The van der Waals surface area contributed by atoms with Gasteiger partial charge in [0.15, 0.2) is 14.9 Å². The Bertz CT molecular complexity index is 1390. The molecule has 4 rings (SSSR count). The van der Waals surface area contributed by atoms with E-state index in [4.69, 9.17) is 4.42 Å². The molecule has 4 aromatic rings. The monoisotopic (exact) mass is 444 g/mol. The van der Waals surface area contributed by atoms with Crippen LogP contribution in [0.2, 0.25) is 0 Å². The van der Waals surface area contributed by atoms with Gasteiger partial charge in [0.05, 0.1) is 11.1 Å². The Hall–Kier alpha value is -3.31. The molecule has 0 spiro atoms. The van der Waals surface area contributed by atoms with Gasteiger partial charge in [-0.2, -0.15) is 5.10 Å². The lowest BCUT2D eigenvalue weighted by atomic mass is 10.1. The predicted octanol–water partition coefficient (Wildman–Crippen LogP) is 2.57. The number of rotatable bonds is 6. The molecule has 0 aliphatic carbocycles. The summed E-state index contributed by atoms with van der Waals surface area (Å²) in [6, 6.07) is 14.8. The molecule has 154 valence electrons. The molecule has 0 atom stereocenters. The average Bonchev–Trinajstić information content (AvgIpc) is 3.39. The Labute approximate surface area is 172 Å². The van der Waals surface area contributed by atoms with Gasteiger partial charge in [-0.15, -0.1) is 10.2 Å². The predicted molar refractivity (Wildman–Crippen MR) is 106 cm³/mol. The number of aryl methyl sites for hydroxylation is 1. The third kappa shape index (κ3) is 3.76. The molecule has 0 bridgehead atoms. The zero-order chi connectivity index (χ0) is 21.4. The first-order valence-electron chi connectivity index (χ1n) is 8.73. The summed E-state index contributed by atoms with van der Waals surface area (Å²) in [5, 5.41) is 13.1. The maximum atomic E-state index is 12.9. The third-order valence-electron chi connectivity index (χ3n) is 4.31. The van der Waals surface area contributed by atoms with Crippen molar-refractivity contribution in [2.24, 2.45) is 0 Å². The maximum Gasteiger partial charge on any atom is 0.247 e. The van der Waals surface area contributed by atoms with Gasteiger partial charge >= 0.3 is 0 Å². The standard InChI is InChI=1S/C19H16N4O5S2/c1-13-7-9-14(10-8-13)18-22-21-17(28-18)12-29(24,25)16-11-20-23-19(16)30(26,27)15-5-3-2-4-6-15/h2-11H,12H2,1H3,(H,20,23). The van der Waals surface area contributed by atoms with E-state index in [0.717, 1.165) is 11.8 Å². The number of hydrogen-bond donors (Lipinski definition) is 1. The lowest BCUT2D eigenvalue weighted by Crippen LogP contribution is -2.11. The fraction of sp³-hybridized carbons (Fsp3) is 0.105. The van der Waals surface area contributed by atoms with Crippen LogP contribution >= 0.6 is 0 Å². The van der Waals surface area contributed by atoms with Crippen molar-refractivity contribution < 1.29 is 21.3 Å². The summed E-state index contributed by atoms with van der Waals surface area (Å²) >= 11 is 0. The van der Waals surface area contributed by atoms with Crippen LogP contribution in [-0.2, 0) is 25.4 Å². The van der Waals surface area contributed by atoms with Crippen LogP contribution in [0.25, 0.3) is 11.5 Å². The molecule has 0 aliphatic heterocycles. The number of hydrogen-bond acceptors (Lipinski definition) is 8. The molecule has 2 heterocycles. The van der Waals surface area contributed by atoms with Crippen molar-refractivity contribution in [3.05, 3.63) is 72.2 Å². The second-order valence-corrected chi connectivity index (χ2v) is 10.4. The molecule has 1 N–H and O–H groups in total. The van der Waals surface area contributed by atoms with Crippen molar-refractivity contribution in [2.75, 3.05) is 0 Å². The van der Waals surface area contributed by atoms with E-state index in [2.05, 4.69) is 20.4 Å². The van der Waals surface area contributed by atoms with E-state index in [9.17, 15) is 16.8 Å². The van der Waals surface area contributed by atoms with E-state index in [-0.39, 0.29) is 16.7 Å². The van der Waals surface area contributed by atoms with Gasteiger partial charge in [0.2, 0.25) is 21.6 Å². The van der Waals surface area contributed by atoms with Crippen LogP contribution < -0.4 is 0 Å². The van der Waals surface area contributed by atoms with Crippen molar-refractivity contribution in [3.8, 4) is 11.5 Å². The first-order valence-corrected chi connectivity index (χ1v) is 11.9. The summed E-state index contributed by atoms with van der Waals surface area (Å²) in [5.41, 5.74) is 1.69. The summed E-state index contributed by atoms with van der Waals surface area (Å²) in [6.45, 7) is 1.93. The highest BCUT2D eigenvalue weighted by molar-refractivity contribution is 7.94. The Morgan fingerprint density at radius 1 is 0.933 bits per heavy atom. The average molecular weight is 444 g/mol. The van der Waals surface area contributed by atoms with Crippen LogP contribution in [0, 0.1) is 6.92 Å². The van der Waals surface area contributed by atoms with Crippen molar-refractivity contribution in [2.45, 2.75) is 27.5 Å². The zero-order valence-corrected chi connectivity index (χ0v) is 17.3. The number of nitrogens with zero attached hydrogens (tertiary/aromatic N) is 3. The minimum absolute atomic E-state index is 0.0508. The molecule has 9 nitrogen and oxygen atoms in total. The lowest BCUT2D eigenvalue weighted by molar-refractivity contribution is 0.517. The van der Waals surface area contributed by atoms with Crippen molar-refractivity contribution in [1.29, 1.82) is 0 Å². The van der Waals surface area contributed by atoms with Gasteiger partial charge < -0.3 is 4.42 Å². The Morgan fingerprint density at radius 3 is 2.33 bits per heavy atom. The van der Waals surface area contributed by atoms with E-state index in [1.54, 1.807) is 30.3 Å². The molecular formula is C19H16N4O5S2. The summed E-state index contributed by atoms with van der Waals surface area (Å²) in [7, 11) is -8.24. The normalized spacial score (nSPS) is 12.2. The van der Waals surface area contributed by atoms with Crippen LogP contribution in [0.3, 0.4) is 0 Å². The highest BCUT2D eigenvalue weighted by Crippen LogP contribution is 2.27. The number of benzene rings is 2. The smallest absolute Gasteiger partial charge is 0.247 e. The van der Waals surface area contributed by atoms with Crippen molar-refractivity contribution >= 4 is 19.7 Å². The molecule has 0 radical (unpaired) electrons. The molecular weight excluding hydrogens is 428 g/mol. The zero-order valence-electron chi connectivity index (χ0n) is 15.7. The van der Waals surface area contributed by atoms with Crippen LogP contribution in [0.4, 0.5) is 0 Å². The first-order chi connectivity index (χ1) is 14.3. The summed E-state index contributed by atoms with van der Waals surface area (Å²) in [6.07, 6.45) is 0.961. The Kier molecular flexibility index (Phi) is 5.00. The third-order valence-corrected chi connectivity index (χ3v) is 7.79. The van der Waals surface area contributed by atoms with Crippen LogP contribution in [0.15, 0.2) is 80.0 Å². The molecule has 2 aromatic heterocycles. The van der Waals surface area contributed by atoms with Gasteiger partial charge in [0.1, 0.15) is 10.6 Å². The lowest BCUT2D eigenvalue weighted by Gasteiger charge is -2.05. The molecule has 0 unspecified atom stereocenters. The molecule has 11 heteroatoms. The summed E-state index contributed by atoms with van der Waals surface area (Å²) in [4.78, 5) is -0.508. The van der Waals surface area contributed by atoms with Gasteiger partial charge in [0, 0.05) is 5.56 Å². The largest absolute Gasteiger partial charge is 0.420 e. The number of nitrogens with one attached hydrogen (secondary N) is 1. The van der Waals surface area contributed by atoms with Crippen LogP contribution in [0.1, 0.15) is 11.5 Å². The van der Waals surface area contributed by atoms with Gasteiger partial charge in [-0.25, -0.2) is 16.8 Å². The van der Waals surface area contributed by atoms with Gasteiger partial charge in [-0.05, 0) is 31.2 Å². The summed E-state index contributed by atoms with van der Waals surface area (Å²) < 4.78 is 57.0. The first kappa shape index (κ1) is 20.0. The van der Waals surface area contributed by atoms with E-state index in [1.165, 1.54) is 12.1 Å². The van der Waals surface area contributed by atoms with E-state index in [1.807, 2.05) is 19.1 Å². The molecule has 0 amide bonds. The second-order valence-electron chi connectivity index (χ2n) is 6.51. The van der Waals surface area contributed by atoms with Gasteiger partial charge in [0.25, 0.3) is 0 Å². The van der Waals surface area contributed by atoms with Crippen molar-refractivity contribution in [3.63, 3.8) is 0 Å². The molecule has 30 heavy (non-hydrogen) atoms. The van der Waals surface area contributed by atoms with E-state index in [0.29, 0.717) is 5.56 Å². The fourth-order valence-electron chi connectivity index (χ4n) is 2.76. The molecule has 2 aromatic carbocycles. The topological polar surface area (TPSA) is 136 Å².